The van der Waals surface area contributed by atoms with Crippen LogP contribution in [0.25, 0.3) is 11.0 Å². The van der Waals surface area contributed by atoms with Gasteiger partial charge in [-0.3, -0.25) is 9.69 Å². The standard InChI is InChI=1S/C19H20F2N4O2/c20-19(21)8-15(9-22)25(12-19)17(26)11-24-6-4-14(10-24)23-16-3-1-2-13-5-7-27-18(13)16/h1-3,5,7,14-15,23H,4,6,8,10-12H2/t14-,15?/m0/s1. The lowest BCUT2D eigenvalue weighted by atomic mass is 10.2. The number of anilines is 1. The van der Waals surface area contributed by atoms with Crippen molar-refractivity contribution < 1.29 is 18.0 Å². The van der Waals surface area contributed by atoms with Crippen molar-refractivity contribution in [2.24, 2.45) is 0 Å². The van der Waals surface area contributed by atoms with E-state index in [1.165, 1.54) is 0 Å². The average molecular weight is 374 g/mol. The van der Waals surface area contributed by atoms with Gasteiger partial charge in [0.1, 0.15) is 6.04 Å². The lowest BCUT2D eigenvalue weighted by Gasteiger charge is -2.23. The van der Waals surface area contributed by atoms with Gasteiger partial charge in [0.2, 0.25) is 5.91 Å². The Morgan fingerprint density at radius 3 is 3.07 bits per heavy atom. The SMILES string of the molecule is N#CC1CC(F)(F)CN1C(=O)CN1CC[C@H](Nc2cccc3ccoc23)C1. The maximum atomic E-state index is 13.5. The number of carbonyl (C=O) groups is 1. The van der Waals surface area contributed by atoms with Crippen LogP contribution >= 0.6 is 0 Å². The second-order valence-corrected chi connectivity index (χ2v) is 7.24. The van der Waals surface area contributed by atoms with Gasteiger partial charge >= 0.3 is 0 Å². The molecule has 0 radical (unpaired) electrons. The first kappa shape index (κ1) is 17.7. The number of carbonyl (C=O) groups excluding carboxylic acids is 1. The fourth-order valence-corrected chi connectivity index (χ4v) is 3.90. The number of alkyl halides is 2. The third-order valence-corrected chi connectivity index (χ3v) is 5.21. The van der Waals surface area contributed by atoms with E-state index in [-0.39, 0.29) is 12.6 Å². The summed E-state index contributed by atoms with van der Waals surface area (Å²) < 4.78 is 32.6. The summed E-state index contributed by atoms with van der Waals surface area (Å²) in [7, 11) is 0. The lowest BCUT2D eigenvalue weighted by Crippen LogP contribution is -2.43. The Labute approximate surface area is 155 Å². The van der Waals surface area contributed by atoms with Gasteiger partial charge in [-0.1, -0.05) is 12.1 Å². The van der Waals surface area contributed by atoms with Crippen LogP contribution < -0.4 is 5.32 Å². The van der Waals surface area contributed by atoms with Crippen LogP contribution in [0, 0.1) is 11.3 Å². The summed E-state index contributed by atoms with van der Waals surface area (Å²) in [4.78, 5) is 15.4. The van der Waals surface area contributed by atoms with E-state index >= 15 is 0 Å². The van der Waals surface area contributed by atoms with Gasteiger partial charge in [0.15, 0.2) is 5.58 Å². The molecule has 2 aliphatic heterocycles. The second-order valence-electron chi connectivity index (χ2n) is 7.24. The van der Waals surface area contributed by atoms with Gasteiger partial charge in [-0.2, -0.15) is 5.26 Å². The summed E-state index contributed by atoms with van der Waals surface area (Å²) in [5.41, 5.74) is 1.70. The first-order valence-corrected chi connectivity index (χ1v) is 8.97. The van der Waals surface area contributed by atoms with Crippen LogP contribution in [0.5, 0.6) is 0 Å². The van der Waals surface area contributed by atoms with E-state index in [2.05, 4.69) is 5.32 Å². The molecule has 0 aliphatic carbocycles. The van der Waals surface area contributed by atoms with Crippen molar-refractivity contribution in [1.82, 2.24) is 9.80 Å². The summed E-state index contributed by atoms with van der Waals surface area (Å²) in [6.07, 6.45) is 1.90. The summed E-state index contributed by atoms with van der Waals surface area (Å²) >= 11 is 0. The molecule has 2 fully saturated rings. The quantitative estimate of drug-likeness (QED) is 0.891. The molecule has 142 valence electrons. The van der Waals surface area contributed by atoms with Gasteiger partial charge in [-0.15, -0.1) is 0 Å². The third kappa shape index (κ3) is 3.60. The Bertz CT molecular complexity index is 891. The second kappa shape index (κ2) is 6.82. The number of halogens is 2. The minimum absolute atomic E-state index is 0.0530. The monoisotopic (exact) mass is 374 g/mol. The molecule has 2 saturated heterocycles. The van der Waals surface area contributed by atoms with Crippen molar-refractivity contribution >= 4 is 22.6 Å². The summed E-state index contributed by atoms with van der Waals surface area (Å²) in [5, 5.41) is 13.5. The van der Waals surface area contributed by atoms with Crippen LogP contribution in [0.3, 0.4) is 0 Å². The normalized spacial score (nSPS) is 25.0. The molecule has 0 saturated carbocycles. The number of benzene rings is 1. The average Bonchev–Trinajstić information content (AvgIpc) is 3.33. The van der Waals surface area contributed by atoms with E-state index in [4.69, 9.17) is 9.68 Å². The van der Waals surface area contributed by atoms with Crippen LogP contribution in [0.15, 0.2) is 34.9 Å². The predicted octanol–water partition coefficient (Wildman–Crippen LogP) is 2.68. The zero-order valence-corrected chi connectivity index (χ0v) is 14.7. The largest absolute Gasteiger partial charge is 0.462 e. The van der Waals surface area contributed by atoms with Gasteiger partial charge < -0.3 is 14.6 Å². The van der Waals surface area contributed by atoms with E-state index < -0.39 is 30.8 Å². The number of hydrogen-bond acceptors (Lipinski definition) is 5. The molecule has 0 bridgehead atoms. The molecule has 3 heterocycles. The molecule has 2 atom stereocenters. The number of fused-ring (bicyclic) bond motifs is 1. The fourth-order valence-electron chi connectivity index (χ4n) is 3.90. The van der Waals surface area contributed by atoms with Gasteiger partial charge in [-0.05, 0) is 18.6 Å². The molecule has 1 N–H and O–H groups in total. The van der Waals surface area contributed by atoms with Crippen LogP contribution in [-0.4, -0.2) is 59.9 Å². The van der Waals surface area contributed by atoms with Crippen molar-refractivity contribution in [3.63, 3.8) is 0 Å². The molecule has 1 unspecified atom stereocenters. The van der Waals surface area contributed by atoms with Crippen molar-refractivity contribution in [2.45, 2.75) is 30.8 Å². The first-order chi connectivity index (χ1) is 12.9. The lowest BCUT2D eigenvalue weighted by molar-refractivity contribution is -0.133. The summed E-state index contributed by atoms with van der Waals surface area (Å²) in [6.45, 7) is 0.709. The Kier molecular flexibility index (Phi) is 4.48. The third-order valence-electron chi connectivity index (χ3n) is 5.21. The molecule has 1 amide bonds. The number of nitrogens with zero attached hydrogens (tertiary/aromatic N) is 3. The Balaban J connectivity index is 1.35. The highest BCUT2D eigenvalue weighted by Gasteiger charge is 2.47. The van der Waals surface area contributed by atoms with Crippen molar-refractivity contribution in [1.29, 1.82) is 5.26 Å². The zero-order chi connectivity index (χ0) is 19.0. The number of amides is 1. The number of rotatable bonds is 4. The minimum Gasteiger partial charge on any atom is -0.462 e. The van der Waals surface area contributed by atoms with Crippen LogP contribution in [0.1, 0.15) is 12.8 Å². The van der Waals surface area contributed by atoms with Crippen molar-refractivity contribution in [3.05, 3.63) is 30.5 Å². The molecular weight excluding hydrogens is 354 g/mol. The maximum absolute atomic E-state index is 13.5. The predicted molar refractivity (Wildman–Crippen MR) is 95.4 cm³/mol. The number of nitrogens with one attached hydrogen (secondary N) is 1. The molecule has 2 aromatic rings. The molecular formula is C19H20F2N4O2. The fraction of sp³-hybridized carbons (Fsp3) is 0.474. The number of nitriles is 1. The van der Waals surface area contributed by atoms with Crippen molar-refractivity contribution in [2.75, 3.05) is 31.5 Å². The van der Waals surface area contributed by atoms with Gasteiger partial charge in [0.25, 0.3) is 5.92 Å². The highest BCUT2D eigenvalue weighted by Crippen LogP contribution is 2.32. The van der Waals surface area contributed by atoms with E-state index in [0.29, 0.717) is 13.1 Å². The van der Waals surface area contributed by atoms with E-state index in [1.807, 2.05) is 35.2 Å². The molecule has 2 aliphatic rings. The molecule has 27 heavy (non-hydrogen) atoms. The Hall–Kier alpha value is -2.66. The molecule has 4 rings (SSSR count). The minimum atomic E-state index is -2.98. The Morgan fingerprint density at radius 2 is 2.26 bits per heavy atom. The molecule has 6 nitrogen and oxygen atoms in total. The topological polar surface area (TPSA) is 72.5 Å². The van der Waals surface area contributed by atoms with E-state index in [9.17, 15) is 13.6 Å². The highest BCUT2D eigenvalue weighted by atomic mass is 19.3. The molecule has 0 spiro atoms. The van der Waals surface area contributed by atoms with Gasteiger partial charge in [0, 0.05) is 30.9 Å². The number of hydrogen-bond donors (Lipinski definition) is 1. The van der Waals surface area contributed by atoms with Crippen molar-refractivity contribution in [3.8, 4) is 6.07 Å². The summed E-state index contributed by atoms with van der Waals surface area (Å²) in [5.74, 6) is -3.39. The highest BCUT2D eigenvalue weighted by molar-refractivity contribution is 5.89. The number of furan rings is 1. The molecule has 1 aromatic heterocycles. The molecule has 8 heteroatoms. The van der Waals surface area contributed by atoms with Crippen LogP contribution in [0.4, 0.5) is 14.5 Å². The van der Waals surface area contributed by atoms with Crippen LogP contribution in [-0.2, 0) is 4.79 Å². The van der Waals surface area contributed by atoms with E-state index in [0.717, 1.165) is 28.0 Å². The van der Waals surface area contributed by atoms with E-state index in [1.54, 1.807) is 6.26 Å². The Morgan fingerprint density at radius 1 is 1.41 bits per heavy atom. The smallest absolute Gasteiger partial charge is 0.268 e. The van der Waals surface area contributed by atoms with Gasteiger partial charge in [0.05, 0.1) is 31.1 Å². The number of likely N-dealkylation sites (tertiary alicyclic amines) is 2. The summed E-state index contributed by atoms with van der Waals surface area (Å²) in [6, 6.07) is 8.69. The zero-order valence-electron chi connectivity index (χ0n) is 14.7. The molecule has 1 aromatic carbocycles. The number of para-hydroxylation sites is 1. The van der Waals surface area contributed by atoms with Gasteiger partial charge in [-0.25, -0.2) is 8.78 Å². The maximum Gasteiger partial charge on any atom is 0.268 e. The first-order valence-electron chi connectivity index (χ1n) is 8.97. The van der Waals surface area contributed by atoms with Crippen LogP contribution in [0.2, 0.25) is 0 Å².